The van der Waals surface area contributed by atoms with Gasteiger partial charge < -0.3 is 9.47 Å². The van der Waals surface area contributed by atoms with Gasteiger partial charge in [-0.1, -0.05) is 29.8 Å². The van der Waals surface area contributed by atoms with Crippen LogP contribution in [0.1, 0.15) is 28.1 Å². The lowest BCUT2D eigenvalue weighted by Crippen LogP contribution is -2.32. The minimum absolute atomic E-state index is 0.0722. The summed E-state index contributed by atoms with van der Waals surface area (Å²) in [5.74, 6) is 0.578. The van der Waals surface area contributed by atoms with Gasteiger partial charge in [0.1, 0.15) is 5.65 Å². The molecule has 0 saturated heterocycles. The minimum atomic E-state index is -0.0722. The first-order valence-electron chi connectivity index (χ1n) is 12.0. The maximum atomic E-state index is 13.9. The fourth-order valence-electron chi connectivity index (χ4n) is 5.04. The predicted octanol–water partition coefficient (Wildman–Crippen LogP) is 4.86. The number of benzene rings is 1. The lowest BCUT2D eigenvalue weighted by Gasteiger charge is -2.25. The third-order valence-corrected chi connectivity index (χ3v) is 6.56. The van der Waals surface area contributed by atoms with Crippen molar-refractivity contribution in [2.24, 2.45) is 14.1 Å². The van der Waals surface area contributed by atoms with Gasteiger partial charge in [0, 0.05) is 38.2 Å². The minimum Gasteiger partial charge on any atom is -0.335 e. The number of hydrogen-bond acceptors (Lipinski definition) is 5. The fraction of sp³-hybridized carbons (Fsp3) is 0.241. The summed E-state index contributed by atoms with van der Waals surface area (Å²) >= 11 is 0. The molecule has 36 heavy (non-hydrogen) atoms. The van der Waals surface area contributed by atoms with Gasteiger partial charge in [-0.25, -0.2) is 0 Å². The van der Waals surface area contributed by atoms with E-state index in [1.165, 1.54) is 5.56 Å². The molecule has 0 amide bonds. The number of nitrogens with zero attached hydrogens (tertiary/aromatic N) is 6. The van der Waals surface area contributed by atoms with E-state index in [4.69, 9.17) is 4.98 Å². The first kappa shape index (κ1) is 23.5. The van der Waals surface area contributed by atoms with Crippen LogP contribution in [0.5, 0.6) is 0 Å². The molecule has 0 spiro atoms. The number of aryl methyl sites for hydroxylation is 4. The quantitative estimate of drug-likeness (QED) is 0.349. The van der Waals surface area contributed by atoms with Crippen molar-refractivity contribution in [3.8, 4) is 11.1 Å². The Balaban J connectivity index is 1.69. The third-order valence-electron chi connectivity index (χ3n) is 6.56. The molecule has 0 aliphatic heterocycles. The number of fused-ring (bicyclic) bond motifs is 1. The summed E-state index contributed by atoms with van der Waals surface area (Å²) in [7, 11) is 3.74. The molecular weight excluding hydrogens is 448 g/mol. The van der Waals surface area contributed by atoms with Gasteiger partial charge in [-0.15, -0.1) is 0 Å². The Hall–Kier alpha value is -4.26. The van der Waals surface area contributed by atoms with Crippen molar-refractivity contribution in [2.75, 3.05) is 4.90 Å². The molecule has 0 aliphatic carbocycles. The van der Waals surface area contributed by atoms with Crippen LogP contribution >= 0.6 is 0 Å². The Labute approximate surface area is 210 Å². The highest BCUT2D eigenvalue weighted by atomic mass is 16.1. The van der Waals surface area contributed by atoms with E-state index in [0.29, 0.717) is 30.1 Å². The monoisotopic (exact) mass is 478 g/mol. The van der Waals surface area contributed by atoms with Crippen LogP contribution in [-0.4, -0.2) is 24.1 Å². The number of hydrogen-bond donors (Lipinski definition) is 0. The maximum Gasteiger partial charge on any atom is 0.264 e. The number of aromatic nitrogens is 5. The summed E-state index contributed by atoms with van der Waals surface area (Å²) in [5, 5.41) is 0.634. The van der Waals surface area contributed by atoms with Gasteiger partial charge in [0.05, 0.1) is 29.9 Å². The highest BCUT2D eigenvalue weighted by Crippen LogP contribution is 2.34. The van der Waals surface area contributed by atoms with Crippen LogP contribution in [0.4, 0.5) is 5.95 Å². The number of rotatable bonds is 6. The molecule has 4 aromatic heterocycles. The highest BCUT2D eigenvalue weighted by Gasteiger charge is 2.22. The summed E-state index contributed by atoms with van der Waals surface area (Å²) in [6.07, 6.45) is 5.58. The van der Waals surface area contributed by atoms with E-state index < -0.39 is 0 Å². The number of anilines is 1. The molecule has 0 saturated carbocycles. The molecule has 7 nitrogen and oxygen atoms in total. The zero-order valence-electron chi connectivity index (χ0n) is 21.4. The third kappa shape index (κ3) is 4.28. The van der Waals surface area contributed by atoms with E-state index in [1.54, 1.807) is 24.0 Å². The van der Waals surface area contributed by atoms with Crippen LogP contribution < -0.4 is 10.5 Å². The molecule has 0 bridgehead atoms. The van der Waals surface area contributed by atoms with Gasteiger partial charge in [-0.3, -0.25) is 19.3 Å². The van der Waals surface area contributed by atoms with Crippen LogP contribution in [0.2, 0.25) is 0 Å². The lowest BCUT2D eigenvalue weighted by atomic mass is 9.94. The van der Waals surface area contributed by atoms with Crippen LogP contribution in [0, 0.1) is 20.8 Å². The second-order valence-electron chi connectivity index (χ2n) is 9.40. The van der Waals surface area contributed by atoms with Crippen molar-refractivity contribution in [1.82, 2.24) is 24.1 Å². The first-order valence-corrected chi connectivity index (χ1v) is 12.0. The van der Waals surface area contributed by atoms with Crippen LogP contribution in [0.25, 0.3) is 22.2 Å². The van der Waals surface area contributed by atoms with E-state index in [0.717, 1.165) is 33.6 Å². The normalized spacial score (nSPS) is 11.2. The maximum absolute atomic E-state index is 13.9. The van der Waals surface area contributed by atoms with E-state index in [2.05, 4.69) is 47.8 Å². The summed E-state index contributed by atoms with van der Waals surface area (Å²) in [6.45, 7) is 7.29. The van der Waals surface area contributed by atoms with Crippen molar-refractivity contribution >= 4 is 17.0 Å². The lowest BCUT2D eigenvalue weighted by molar-refractivity contribution is 0.690. The molecule has 0 radical (unpaired) electrons. The van der Waals surface area contributed by atoms with Gasteiger partial charge >= 0.3 is 0 Å². The van der Waals surface area contributed by atoms with Crippen molar-refractivity contribution in [3.63, 3.8) is 0 Å². The fourth-order valence-corrected chi connectivity index (χ4v) is 5.04. The Kier molecular flexibility index (Phi) is 6.14. The molecule has 1 aromatic carbocycles. The highest BCUT2D eigenvalue weighted by molar-refractivity contribution is 5.95. The molecule has 5 rings (SSSR count). The molecular formula is C29H30N6O. The van der Waals surface area contributed by atoms with Crippen molar-refractivity contribution < 1.29 is 0 Å². The van der Waals surface area contributed by atoms with Crippen molar-refractivity contribution in [1.29, 1.82) is 0 Å². The smallest absolute Gasteiger partial charge is 0.264 e. The molecule has 0 fully saturated rings. The SMILES string of the molecule is Cc1cc(C)c(-c2cn(C)c3nc(N(Cc4ccccn4)Cc4ccccn4)n(C)c(=O)c23)c(C)c1. The topological polar surface area (TPSA) is 68.8 Å². The van der Waals surface area contributed by atoms with Crippen molar-refractivity contribution in [3.05, 3.63) is 106 Å². The van der Waals surface area contributed by atoms with Gasteiger partial charge in [-0.05, 0) is 61.7 Å². The zero-order valence-corrected chi connectivity index (χ0v) is 21.4. The molecule has 7 heteroatoms. The molecule has 4 heterocycles. The van der Waals surface area contributed by atoms with E-state index in [-0.39, 0.29) is 5.56 Å². The average molecular weight is 479 g/mol. The zero-order chi connectivity index (χ0) is 25.4. The molecule has 0 aliphatic rings. The Morgan fingerprint density at radius 3 is 1.97 bits per heavy atom. The second-order valence-corrected chi connectivity index (χ2v) is 9.40. The summed E-state index contributed by atoms with van der Waals surface area (Å²) < 4.78 is 3.60. The summed E-state index contributed by atoms with van der Waals surface area (Å²) in [4.78, 5) is 30.0. The van der Waals surface area contributed by atoms with E-state index in [9.17, 15) is 4.79 Å². The molecule has 0 unspecified atom stereocenters. The Bertz CT molecular complexity index is 1540. The molecule has 0 N–H and O–H groups in total. The molecule has 182 valence electrons. The molecule has 5 aromatic rings. The van der Waals surface area contributed by atoms with E-state index in [1.807, 2.05) is 54.2 Å². The van der Waals surface area contributed by atoms with Crippen LogP contribution in [-0.2, 0) is 27.2 Å². The van der Waals surface area contributed by atoms with Gasteiger partial charge in [0.2, 0.25) is 5.95 Å². The average Bonchev–Trinajstić information content (AvgIpc) is 3.17. The van der Waals surface area contributed by atoms with Crippen LogP contribution in [0.15, 0.2) is 71.9 Å². The first-order chi connectivity index (χ1) is 17.3. The predicted molar refractivity (Wildman–Crippen MR) is 144 cm³/mol. The standard InChI is InChI=1S/C29H30N6O/c1-19-14-20(2)25(21(3)15-19)24-18-33(4)27-26(24)28(36)34(5)29(32-27)35(16-22-10-6-8-12-30-22)17-23-11-7-9-13-31-23/h6-15,18H,16-17H2,1-5H3. The van der Waals surface area contributed by atoms with Gasteiger partial charge in [-0.2, -0.15) is 4.98 Å². The summed E-state index contributed by atoms with van der Waals surface area (Å²) in [6, 6.07) is 16.0. The largest absolute Gasteiger partial charge is 0.335 e. The Morgan fingerprint density at radius 1 is 0.861 bits per heavy atom. The molecule has 0 atom stereocenters. The summed E-state index contributed by atoms with van der Waals surface area (Å²) in [5.41, 5.74) is 7.90. The second kappa shape index (κ2) is 9.41. The Morgan fingerprint density at radius 2 is 1.44 bits per heavy atom. The van der Waals surface area contributed by atoms with E-state index >= 15 is 0 Å². The number of pyridine rings is 2. The van der Waals surface area contributed by atoms with Crippen molar-refractivity contribution in [2.45, 2.75) is 33.9 Å². The van der Waals surface area contributed by atoms with Crippen LogP contribution in [0.3, 0.4) is 0 Å². The van der Waals surface area contributed by atoms with Gasteiger partial charge in [0.25, 0.3) is 5.56 Å². The van der Waals surface area contributed by atoms with Gasteiger partial charge in [0.15, 0.2) is 0 Å².